The first-order valence-electron chi connectivity index (χ1n) is 5.38. The average Bonchev–Trinajstić information content (AvgIpc) is 2.38. The smallest absolute Gasteiger partial charge is 0.263 e. The number of benzene rings is 1. The molecule has 1 aromatic heterocycles. The van der Waals surface area contributed by atoms with Crippen LogP contribution in [0.25, 0.3) is 0 Å². The van der Waals surface area contributed by atoms with Crippen LogP contribution in [-0.2, 0) is 6.54 Å². The zero-order valence-corrected chi connectivity index (χ0v) is 11.0. The number of pyridine rings is 1. The van der Waals surface area contributed by atoms with Gasteiger partial charge in [-0.3, -0.25) is 0 Å². The van der Waals surface area contributed by atoms with Gasteiger partial charge in [0.15, 0.2) is 0 Å². The number of nitrogens with zero attached hydrogens (tertiary/aromatic N) is 1. The largest absolute Gasteiger partial charge is 0.379 e. The van der Waals surface area contributed by atoms with Gasteiger partial charge in [-0.2, -0.15) is 0 Å². The summed E-state index contributed by atoms with van der Waals surface area (Å²) in [6, 6.07) is 10.0. The lowest BCUT2D eigenvalue weighted by atomic mass is 10.1. The number of hydrogen-bond acceptors (Lipinski definition) is 2. The summed E-state index contributed by atoms with van der Waals surface area (Å²) in [4.78, 5) is 4.07. The number of nitrogens with one attached hydrogen (secondary N) is 1. The fraction of sp³-hybridized carbons (Fsp3) is 0.154. The first-order valence-corrected chi connectivity index (χ1v) is 6.17. The molecule has 0 saturated carbocycles. The molecule has 2 nitrogen and oxygen atoms in total. The van der Waals surface area contributed by atoms with E-state index in [9.17, 15) is 8.78 Å². The van der Waals surface area contributed by atoms with Crippen molar-refractivity contribution >= 4 is 21.6 Å². The van der Waals surface area contributed by atoms with Crippen LogP contribution in [0.2, 0.25) is 0 Å². The van der Waals surface area contributed by atoms with Crippen LogP contribution >= 0.6 is 15.9 Å². The van der Waals surface area contributed by atoms with Crippen molar-refractivity contribution < 1.29 is 8.78 Å². The van der Waals surface area contributed by atoms with Crippen LogP contribution in [0.3, 0.4) is 0 Å². The lowest BCUT2D eigenvalue weighted by Gasteiger charge is -2.09. The highest BCUT2D eigenvalue weighted by atomic mass is 79.9. The summed E-state index contributed by atoms with van der Waals surface area (Å²) in [5.74, 6) is 0. The van der Waals surface area contributed by atoms with Gasteiger partial charge in [0.25, 0.3) is 6.43 Å². The van der Waals surface area contributed by atoms with Crippen molar-refractivity contribution in [1.29, 1.82) is 0 Å². The van der Waals surface area contributed by atoms with Crippen LogP contribution in [0, 0.1) is 0 Å². The maximum absolute atomic E-state index is 12.5. The molecule has 1 aromatic carbocycles. The van der Waals surface area contributed by atoms with Crippen molar-refractivity contribution in [3.63, 3.8) is 0 Å². The zero-order chi connectivity index (χ0) is 13.0. The third-order valence-electron chi connectivity index (χ3n) is 2.45. The van der Waals surface area contributed by atoms with Crippen LogP contribution in [0.5, 0.6) is 0 Å². The van der Waals surface area contributed by atoms with Crippen molar-refractivity contribution in [1.82, 2.24) is 4.98 Å². The van der Waals surface area contributed by atoms with Gasteiger partial charge in [-0.1, -0.05) is 18.2 Å². The monoisotopic (exact) mass is 312 g/mol. The van der Waals surface area contributed by atoms with Gasteiger partial charge in [-0.15, -0.1) is 0 Å². The highest BCUT2D eigenvalue weighted by Gasteiger charge is 2.07. The molecule has 0 fully saturated rings. The number of hydrogen-bond donors (Lipinski definition) is 1. The highest BCUT2D eigenvalue weighted by molar-refractivity contribution is 9.10. The molecule has 0 unspecified atom stereocenters. The molecule has 0 aliphatic heterocycles. The Morgan fingerprint density at radius 1 is 1.22 bits per heavy atom. The summed E-state index contributed by atoms with van der Waals surface area (Å²) in [6.45, 7) is 0.477. The molecule has 1 N–H and O–H groups in total. The normalized spacial score (nSPS) is 10.7. The third kappa shape index (κ3) is 3.26. The molecule has 5 heteroatoms. The lowest BCUT2D eigenvalue weighted by molar-refractivity contribution is 0.151. The van der Waals surface area contributed by atoms with E-state index in [-0.39, 0.29) is 5.56 Å². The van der Waals surface area contributed by atoms with Gasteiger partial charge in [0, 0.05) is 18.3 Å². The van der Waals surface area contributed by atoms with E-state index in [0.29, 0.717) is 11.1 Å². The Labute approximate surface area is 112 Å². The predicted molar refractivity (Wildman–Crippen MR) is 70.7 cm³/mol. The Hall–Kier alpha value is -1.49. The van der Waals surface area contributed by atoms with E-state index in [1.807, 2.05) is 18.2 Å². The van der Waals surface area contributed by atoms with E-state index in [1.54, 1.807) is 12.3 Å². The van der Waals surface area contributed by atoms with E-state index < -0.39 is 6.43 Å². The lowest BCUT2D eigenvalue weighted by Crippen LogP contribution is -2.01. The van der Waals surface area contributed by atoms with E-state index in [2.05, 4.69) is 26.2 Å². The van der Waals surface area contributed by atoms with Gasteiger partial charge in [0.2, 0.25) is 0 Å². The first-order chi connectivity index (χ1) is 8.66. The Kier molecular flexibility index (Phi) is 4.25. The average molecular weight is 313 g/mol. The van der Waals surface area contributed by atoms with E-state index in [1.165, 1.54) is 12.1 Å². The van der Waals surface area contributed by atoms with Crippen LogP contribution in [0.4, 0.5) is 14.5 Å². The van der Waals surface area contributed by atoms with Crippen LogP contribution in [0.15, 0.2) is 47.2 Å². The second-order valence-corrected chi connectivity index (χ2v) is 4.49. The highest BCUT2D eigenvalue weighted by Crippen LogP contribution is 2.22. The van der Waals surface area contributed by atoms with Gasteiger partial charge >= 0.3 is 0 Å². The van der Waals surface area contributed by atoms with Gasteiger partial charge in [-0.25, -0.2) is 13.8 Å². The van der Waals surface area contributed by atoms with Crippen LogP contribution < -0.4 is 5.32 Å². The molecule has 0 aliphatic rings. The molecule has 0 spiro atoms. The van der Waals surface area contributed by atoms with Crippen LogP contribution in [-0.4, -0.2) is 4.98 Å². The molecular formula is C13H11BrF2N2. The Morgan fingerprint density at radius 2 is 2.06 bits per heavy atom. The molecule has 94 valence electrons. The number of rotatable bonds is 4. The minimum atomic E-state index is -2.44. The molecule has 0 saturated heterocycles. The fourth-order valence-electron chi connectivity index (χ4n) is 1.55. The summed E-state index contributed by atoms with van der Waals surface area (Å²) in [5, 5.41) is 3.14. The summed E-state index contributed by atoms with van der Waals surface area (Å²) in [6.07, 6.45) is -0.762. The van der Waals surface area contributed by atoms with Crippen molar-refractivity contribution in [2.24, 2.45) is 0 Å². The molecule has 0 amide bonds. The van der Waals surface area contributed by atoms with Crippen molar-refractivity contribution in [2.45, 2.75) is 13.0 Å². The van der Waals surface area contributed by atoms with Gasteiger partial charge in [0.05, 0.1) is 5.69 Å². The second-order valence-electron chi connectivity index (χ2n) is 3.74. The predicted octanol–water partition coefficient (Wildman–Crippen LogP) is 4.39. The molecule has 2 rings (SSSR count). The molecular weight excluding hydrogens is 302 g/mol. The Morgan fingerprint density at radius 3 is 2.78 bits per heavy atom. The molecule has 18 heavy (non-hydrogen) atoms. The molecule has 0 bridgehead atoms. The molecule has 0 aliphatic carbocycles. The minimum absolute atomic E-state index is 0.0413. The van der Waals surface area contributed by atoms with E-state index >= 15 is 0 Å². The maximum Gasteiger partial charge on any atom is 0.263 e. The number of halogens is 3. The van der Waals surface area contributed by atoms with Crippen molar-refractivity contribution in [3.05, 3.63) is 58.3 Å². The molecule has 1 heterocycles. The van der Waals surface area contributed by atoms with Gasteiger partial charge in [0.1, 0.15) is 4.60 Å². The van der Waals surface area contributed by atoms with Gasteiger partial charge < -0.3 is 5.32 Å². The molecule has 0 atom stereocenters. The summed E-state index contributed by atoms with van der Waals surface area (Å²) in [5.41, 5.74) is 1.68. The quantitative estimate of drug-likeness (QED) is 0.847. The summed E-state index contributed by atoms with van der Waals surface area (Å²) >= 11 is 3.31. The Bertz CT molecular complexity index is 532. The fourth-order valence-corrected chi connectivity index (χ4v) is 1.94. The summed E-state index contributed by atoms with van der Waals surface area (Å²) in [7, 11) is 0. The van der Waals surface area contributed by atoms with Gasteiger partial charge in [-0.05, 0) is 39.7 Å². The minimum Gasteiger partial charge on any atom is -0.379 e. The maximum atomic E-state index is 12.5. The van der Waals surface area contributed by atoms with Crippen molar-refractivity contribution in [2.75, 3.05) is 5.32 Å². The molecule has 0 radical (unpaired) electrons. The standard InChI is InChI=1S/C13H11BrF2N2/c14-12-11(5-2-6-17-12)18-8-9-3-1-4-10(7-9)13(15)16/h1-7,13,18H,8H2. The topological polar surface area (TPSA) is 24.9 Å². The second kappa shape index (κ2) is 5.91. The molecule has 2 aromatic rings. The van der Waals surface area contributed by atoms with E-state index in [4.69, 9.17) is 0 Å². The SMILES string of the molecule is FC(F)c1cccc(CNc2cccnc2Br)c1. The zero-order valence-electron chi connectivity index (χ0n) is 9.41. The third-order valence-corrected chi connectivity index (χ3v) is 3.08. The van der Waals surface area contributed by atoms with Crippen molar-refractivity contribution in [3.8, 4) is 0 Å². The van der Waals surface area contributed by atoms with E-state index in [0.717, 1.165) is 11.3 Å². The summed E-state index contributed by atoms with van der Waals surface area (Å²) < 4.78 is 25.8. The number of aromatic nitrogens is 1. The number of alkyl halides is 2. The number of anilines is 1. The first kappa shape index (κ1) is 13.0. The van der Waals surface area contributed by atoms with Crippen LogP contribution in [0.1, 0.15) is 17.6 Å². The Balaban J connectivity index is 2.07.